The molecule has 1 nitrogen and oxygen atoms in total. The molecule has 0 aromatic heterocycles. The average molecular weight is 278 g/mol. The van der Waals surface area contributed by atoms with E-state index < -0.39 is 9.04 Å². The van der Waals surface area contributed by atoms with Gasteiger partial charge < -0.3 is 4.43 Å². The largest absolute Gasteiger partial charge is 0.538 e. The Morgan fingerprint density at radius 1 is 0.750 bits per heavy atom. The van der Waals surface area contributed by atoms with Crippen LogP contribution in [0.4, 0.5) is 0 Å². The fraction of sp³-hybridized carbons (Fsp3) is 0.111. The molecule has 0 N–H and O–H groups in total. The van der Waals surface area contributed by atoms with E-state index >= 15 is 0 Å². The summed E-state index contributed by atoms with van der Waals surface area (Å²) in [6, 6.07) is 21.2. The van der Waals surface area contributed by atoms with Gasteiger partial charge in [0, 0.05) is 0 Å². The highest BCUT2D eigenvalue weighted by Gasteiger charge is 2.19. The van der Waals surface area contributed by atoms with Crippen molar-refractivity contribution >= 4 is 19.4 Å². The molecule has 100 valence electrons. The third-order valence-electron chi connectivity index (χ3n) is 3.42. The summed E-state index contributed by atoms with van der Waals surface area (Å²) in [4.78, 5) is 0. The van der Waals surface area contributed by atoms with E-state index in [9.17, 15) is 0 Å². The zero-order valence-electron chi connectivity index (χ0n) is 11.4. The summed E-state index contributed by atoms with van der Waals surface area (Å²) in [6.07, 6.45) is 8.70. The molecule has 0 saturated heterocycles. The Kier molecular flexibility index (Phi) is 4.14. The molecule has 0 heterocycles. The fourth-order valence-corrected chi connectivity index (χ4v) is 4.64. The van der Waals surface area contributed by atoms with Crippen LogP contribution in [-0.2, 0) is 4.43 Å². The first-order chi connectivity index (χ1) is 9.93. The van der Waals surface area contributed by atoms with Gasteiger partial charge in [-0.25, -0.2) is 0 Å². The van der Waals surface area contributed by atoms with Crippen LogP contribution in [0.25, 0.3) is 0 Å². The highest BCUT2D eigenvalue weighted by Crippen LogP contribution is 2.12. The molecule has 0 bridgehead atoms. The van der Waals surface area contributed by atoms with E-state index in [-0.39, 0.29) is 0 Å². The van der Waals surface area contributed by atoms with Gasteiger partial charge in [-0.1, -0.05) is 66.7 Å². The molecule has 2 aromatic rings. The van der Waals surface area contributed by atoms with Gasteiger partial charge in [-0.05, 0) is 35.4 Å². The van der Waals surface area contributed by atoms with E-state index in [1.54, 1.807) is 0 Å². The van der Waals surface area contributed by atoms with Crippen LogP contribution in [0, 0.1) is 0 Å². The Morgan fingerprint density at radius 3 is 1.85 bits per heavy atom. The highest BCUT2D eigenvalue weighted by molar-refractivity contribution is 6.80. The van der Waals surface area contributed by atoms with Gasteiger partial charge in [-0.15, -0.1) is 0 Å². The average Bonchev–Trinajstić information content (AvgIpc) is 2.55. The first kappa shape index (κ1) is 12.9. The minimum Gasteiger partial charge on any atom is -0.538 e. The Hall–Kier alpha value is -2.06. The lowest BCUT2D eigenvalue weighted by molar-refractivity contribution is 0.464. The summed E-state index contributed by atoms with van der Waals surface area (Å²) >= 11 is 0. The molecule has 20 heavy (non-hydrogen) atoms. The lowest BCUT2D eigenvalue weighted by Gasteiger charge is -2.20. The second-order valence-corrected chi connectivity index (χ2v) is 7.23. The summed E-state index contributed by atoms with van der Waals surface area (Å²) in [5.41, 5.74) is 0. The monoisotopic (exact) mass is 278 g/mol. The van der Waals surface area contributed by atoms with Crippen molar-refractivity contribution < 1.29 is 4.43 Å². The van der Waals surface area contributed by atoms with Gasteiger partial charge in [0.15, 0.2) is 0 Å². The van der Waals surface area contributed by atoms with Gasteiger partial charge in [0.2, 0.25) is 0 Å². The van der Waals surface area contributed by atoms with Gasteiger partial charge in [0.25, 0.3) is 9.04 Å². The van der Waals surface area contributed by atoms with Crippen molar-refractivity contribution in [3.63, 3.8) is 0 Å². The molecule has 2 aromatic carbocycles. The van der Waals surface area contributed by atoms with Crippen LogP contribution in [0.15, 0.2) is 84.7 Å². The molecule has 0 radical (unpaired) electrons. The second kappa shape index (κ2) is 6.39. The molecule has 0 atom stereocenters. The molecule has 0 aliphatic heterocycles. The van der Waals surface area contributed by atoms with Crippen LogP contribution < -0.4 is 10.4 Å². The molecule has 0 saturated carbocycles. The van der Waals surface area contributed by atoms with Gasteiger partial charge in [0.1, 0.15) is 0 Å². The molecule has 0 amide bonds. The predicted molar refractivity (Wildman–Crippen MR) is 86.8 cm³/mol. The van der Waals surface area contributed by atoms with Crippen LogP contribution >= 0.6 is 0 Å². The number of hydrogen-bond acceptors (Lipinski definition) is 1. The van der Waals surface area contributed by atoms with E-state index in [0.717, 1.165) is 18.6 Å². The van der Waals surface area contributed by atoms with E-state index in [0.29, 0.717) is 0 Å². The molecule has 1 aliphatic rings. The zero-order valence-corrected chi connectivity index (χ0v) is 12.6. The zero-order chi connectivity index (χ0) is 13.6. The smallest absolute Gasteiger partial charge is 0.299 e. The Bertz CT molecular complexity index is 562. The summed E-state index contributed by atoms with van der Waals surface area (Å²) in [6.45, 7) is 0. The molecular weight excluding hydrogens is 260 g/mol. The first-order valence-corrected chi connectivity index (χ1v) is 8.69. The molecule has 2 heteroatoms. The van der Waals surface area contributed by atoms with E-state index in [1.807, 2.05) is 0 Å². The molecule has 0 spiro atoms. The van der Waals surface area contributed by atoms with Crippen molar-refractivity contribution in [2.45, 2.75) is 12.8 Å². The number of benzene rings is 2. The van der Waals surface area contributed by atoms with Crippen molar-refractivity contribution in [3.8, 4) is 0 Å². The van der Waals surface area contributed by atoms with Crippen LogP contribution in [0.3, 0.4) is 0 Å². The van der Waals surface area contributed by atoms with Gasteiger partial charge in [-0.2, -0.15) is 0 Å². The fourth-order valence-electron chi connectivity index (χ4n) is 2.40. The Morgan fingerprint density at radius 2 is 1.35 bits per heavy atom. The van der Waals surface area contributed by atoms with E-state index in [4.69, 9.17) is 4.43 Å². The number of rotatable bonds is 4. The van der Waals surface area contributed by atoms with Gasteiger partial charge in [0.05, 0.1) is 5.76 Å². The third-order valence-corrected chi connectivity index (χ3v) is 5.91. The highest BCUT2D eigenvalue weighted by atomic mass is 28.3. The number of allylic oxidation sites excluding steroid dienone is 3. The summed E-state index contributed by atoms with van der Waals surface area (Å²) in [7, 11) is -1.64. The van der Waals surface area contributed by atoms with Crippen molar-refractivity contribution in [1.29, 1.82) is 0 Å². The second-order valence-electron chi connectivity index (χ2n) is 4.91. The SMILES string of the molecule is C1=CC(O[SiH](c2ccccc2)c2ccccc2)=CCC1. The van der Waals surface area contributed by atoms with Gasteiger partial charge in [-0.3, -0.25) is 0 Å². The third kappa shape index (κ3) is 3.09. The quantitative estimate of drug-likeness (QED) is 0.782. The van der Waals surface area contributed by atoms with E-state index in [2.05, 4.69) is 78.9 Å². The maximum absolute atomic E-state index is 6.38. The predicted octanol–water partition coefficient (Wildman–Crippen LogP) is 2.78. The lowest BCUT2D eigenvalue weighted by Crippen LogP contribution is -2.44. The maximum Gasteiger partial charge on any atom is 0.299 e. The van der Waals surface area contributed by atoms with Crippen LogP contribution in [0.1, 0.15) is 12.8 Å². The molecule has 1 aliphatic carbocycles. The summed E-state index contributed by atoms with van der Waals surface area (Å²) < 4.78 is 6.38. The summed E-state index contributed by atoms with van der Waals surface area (Å²) in [5, 5.41) is 2.64. The number of hydrogen-bond donors (Lipinski definition) is 0. The van der Waals surface area contributed by atoms with Crippen molar-refractivity contribution in [1.82, 2.24) is 0 Å². The minimum absolute atomic E-state index is 1.03. The van der Waals surface area contributed by atoms with Crippen molar-refractivity contribution in [2.24, 2.45) is 0 Å². The molecule has 0 fully saturated rings. The van der Waals surface area contributed by atoms with E-state index in [1.165, 1.54) is 10.4 Å². The van der Waals surface area contributed by atoms with Crippen molar-refractivity contribution in [2.75, 3.05) is 0 Å². The maximum atomic E-state index is 6.38. The first-order valence-electron chi connectivity index (χ1n) is 7.07. The topological polar surface area (TPSA) is 9.23 Å². The Labute approximate surface area is 122 Å². The van der Waals surface area contributed by atoms with Crippen molar-refractivity contribution in [3.05, 3.63) is 84.7 Å². The standard InChI is InChI=1S/C18H18OSi/c1-4-10-16(11-5-1)19-20(17-12-6-2-7-13-17)18-14-8-3-9-15-18/h2-4,6-15,20H,1,5H2. The van der Waals surface area contributed by atoms with Crippen LogP contribution in [0.2, 0.25) is 0 Å². The normalized spacial score (nSPS) is 14.2. The Balaban J connectivity index is 1.92. The van der Waals surface area contributed by atoms with Crippen LogP contribution in [-0.4, -0.2) is 9.04 Å². The summed E-state index contributed by atoms with van der Waals surface area (Å²) in [5.74, 6) is 1.03. The molecular formula is C18H18OSi. The molecule has 0 unspecified atom stereocenters. The lowest BCUT2D eigenvalue weighted by atomic mass is 10.2. The van der Waals surface area contributed by atoms with Crippen LogP contribution in [0.5, 0.6) is 0 Å². The molecule has 3 rings (SSSR count). The minimum atomic E-state index is -1.64. The van der Waals surface area contributed by atoms with Gasteiger partial charge >= 0.3 is 0 Å².